The zero-order valence-corrected chi connectivity index (χ0v) is 8.84. The fourth-order valence-corrected chi connectivity index (χ4v) is 1.07. The van der Waals surface area contributed by atoms with Crippen LogP contribution in [-0.2, 0) is 0 Å². The molecule has 1 aromatic rings. The number of ether oxygens (including phenoxy) is 1. The number of aliphatic imine (C=N–C) groups is 1. The molecule has 0 heterocycles. The lowest BCUT2D eigenvalue weighted by Gasteiger charge is -2.03. The van der Waals surface area contributed by atoms with E-state index in [9.17, 15) is 5.11 Å². The topological polar surface area (TPSA) is 62.0 Å². The number of benzene rings is 1. The molecule has 1 rings (SSSR count). The number of phenols is 1. The van der Waals surface area contributed by atoms with Crippen LogP contribution in [0.4, 0.5) is 0 Å². The van der Waals surface area contributed by atoms with Gasteiger partial charge in [0.25, 0.3) is 0 Å². The number of aliphatic hydroxyl groups is 1. The summed E-state index contributed by atoms with van der Waals surface area (Å²) in [7, 11) is 1.56. The number of hydrogen-bond donors (Lipinski definition) is 2. The maximum atomic E-state index is 9.49. The quantitative estimate of drug-likeness (QED) is 0.732. The molecule has 2 N–H and O–H groups in total. The standard InChI is InChI=1S/C11H15NO3/c1-8(13)6-12-7-9-5-10(15-2)3-4-11(9)14/h3-5,7-8,13-14H,6H2,1-2H3. The van der Waals surface area contributed by atoms with Crippen LogP contribution in [0, 0.1) is 0 Å². The fourth-order valence-electron chi connectivity index (χ4n) is 1.07. The fraction of sp³-hybridized carbons (Fsp3) is 0.364. The Morgan fingerprint density at radius 2 is 2.27 bits per heavy atom. The molecular weight excluding hydrogens is 194 g/mol. The van der Waals surface area contributed by atoms with E-state index in [1.54, 1.807) is 32.2 Å². The molecule has 0 bridgehead atoms. The van der Waals surface area contributed by atoms with Gasteiger partial charge in [-0.2, -0.15) is 0 Å². The summed E-state index contributed by atoms with van der Waals surface area (Å²) in [5, 5.41) is 18.5. The highest BCUT2D eigenvalue weighted by Gasteiger charge is 2.00. The molecule has 15 heavy (non-hydrogen) atoms. The van der Waals surface area contributed by atoms with Crippen molar-refractivity contribution in [1.82, 2.24) is 0 Å². The first-order chi connectivity index (χ1) is 7.13. The molecule has 0 aromatic heterocycles. The largest absolute Gasteiger partial charge is 0.507 e. The van der Waals surface area contributed by atoms with Gasteiger partial charge in [-0.15, -0.1) is 0 Å². The minimum absolute atomic E-state index is 0.144. The number of nitrogens with zero attached hydrogens (tertiary/aromatic N) is 1. The van der Waals surface area contributed by atoms with Gasteiger partial charge in [0.1, 0.15) is 11.5 Å². The smallest absolute Gasteiger partial charge is 0.124 e. The van der Waals surface area contributed by atoms with Gasteiger partial charge in [0.2, 0.25) is 0 Å². The van der Waals surface area contributed by atoms with Crippen molar-refractivity contribution in [1.29, 1.82) is 0 Å². The van der Waals surface area contributed by atoms with Crippen molar-refractivity contribution in [2.45, 2.75) is 13.0 Å². The molecule has 0 aliphatic rings. The molecule has 1 unspecified atom stereocenters. The van der Waals surface area contributed by atoms with Gasteiger partial charge >= 0.3 is 0 Å². The van der Waals surface area contributed by atoms with Crippen molar-refractivity contribution in [3.8, 4) is 11.5 Å². The van der Waals surface area contributed by atoms with E-state index in [1.165, 1.54) is 6.21 Å². The third-order valence-corrected chi connectivity index (χ3v) is 1.83. The maximum Gasteiger partial charge on any atom is 0.124 e. The summed E-state index contributed by atoms with van der Waals surface area (Å²) in [6.07, 6.45) is 1.04. The lowest BCUT2D eigenvalue weighted by atomic mass is 10.2. The van der Waals surface area contributed by atoms with E-state index in [0.717, 1.165) is 0 Å². The van der Waals surface area contributed by atoms with Crippen LogP contribution in [0.3, 0.4) is 0 Å². The van der Waals surface area contributed by atoms with Crippen LogP contribution in [-0.4, -0.2) is 36.2 Å². The SMILES string of the molecule is COc1ccc(O)c(C=NCC(C)O)c1. The first kappa shape index (κ1) is 11.5. The zero-order chi connectivity index (χ0) is 11.3. The van der Waals surface area contributed by atoms with E-state index in [4.69, 9.17) is 9.84 Å². The maximum absolute atomic E-state index is 9.49. The number of phenolic OH excluding ortho intramolecular Hbond substituents is 1. The normalized spacial score (nSPS) is 13.0. The Hall–Kier alpha value is -1.55. The van der Waals surface area contributed by atoms with Crippen molar-refractivity contribution in [2.24, 2.45) is 4.99 Å². The van der Waals surface area contributed by atoms with Gasteiger partial charge in [0.15, 0.2) is 0 Å². The van der Waals surface area contributed by atoms with Gasteiger partial charge in [-0.3, -0.25) is 4.99 Å². The second kappa shape index (κ2) is 5.36. The first-order valence-corrected chi connectivity index (χ1v) is 4.68. The Kier molecular flexibility index (Phi) is 4.12. The molecule has 0 saturated heterocycles. The summed E-state index contributed by atoms with van der Waals surface area (Å²) < 4.78 is 5.02. The molecule has 1 aromatic carbocycles. The molecule has 0 fully saturated rings. The average Bonchev–Trinajstić information content (AvgIpc) is 2.20. The van der Waals surface area contributed by atoms with Crippen LogP contribution in [0.1, 0.15) is 12.5 Å². The van der Waals surface area contributed by atoms with E-state index in [-0.39, 0.29) is 5.75 Å². The molecule has 0 amide bonds. The van der Waals surface area contributed by atoms with Crippen LogP contribution in [0.15, 0.2) is 23.2 Å². The molecule has 4 heteroatoms. The third-order valence-electron chi connectivity index (χ3n) is 1.83. The number of aromatic hydroxyl groups is 1. The Bertz CT molecular complexity index is 348. The van der Waals surface area contributed by atoms with Crippen LogP contribution >= 0.6 is 0 Å². The summed E-state index contributed by atoms with van der Waals surface area (Å²) in [4.78, 5) is 3.99. The lowest BCUT2D eigenvalue weighted by molar-refractivity contribution is 0.204. The average molecular weight is 209 g/mol. The van der Waals surface area contributed by atoms with Gasteiger partial charge in [0.05, 0.1) is 19.8 Å². The van der Waals surface area contributed by atoms with Gasteiger partial charge in [-0.1, -0.05) is 0 Å². The van der Waals surface area contributed by atoms with E-state index >= 15 is 0 Å². The summed E-state index contributed by atoms with van der Waals surface area (Å²) in [5.74, 6) is 0.802. The van der Waals surface area contributed by atoms with E-state index in [2.05, 4.69) is 4.99 Å². The first-order valence-electron chi connectivity index (χ1n) is 4.68. The molecule has 0 spiro atoms. The van der Waals surface area contributed by atoms with Crippen molar-refractivity contribution >= 4 is 6.21 Å². The number of aliphatic hydroxyl groups excluding tert-OH is 1. The van der Waals surface area contributed by atoms with E-state index < -0.39 is 6.10 Å². The van der Waals surface area contributed by atoms with Crippen LogP contribution < -0.4 is 4.74 Å². The van der Waals surface area contributed by atoms with Gasteiger partial charge in [-0.25, -0.2) is 0 Å². The van der Waals surface area contributed by atoms with Gasteiger partial charge in [-0.05, 0) is 25.1 Å². The highest BCUT2D eigenvalue weighted by Crippen LogP contribution is 2.20. The molecule has 0 aliphatic heterocycles. The lowest BCUT2D eigenvalue weighted by Crippen LogP contribution is -2.03. The minimum Gasteiger partial charge on any atom is -0.507 e. The summed E-state index contributed by atoms with van der Waals surface area (Å²) in [6, 6.07) is 4.89. The van der Waals surface area contributed by atoms with E-state index in [0.29, 0.717) is 17.9 Å². The van der Waals surface area contributed by atoms with Gasteiger partial charge < -0.3 is 14.9 Å². The molecule has 0 aliphatic carbocycles. The number of methoxy groups -OCH3 is 1. The summed E-state index contributed by atoms with van der Waals surface area (Å²) >= 11 is 0. The highest BCUT2D eigenvalue weighted by atomic mass is 16.5. The highest BCUT2D eigenvalue weighted by molar-refractivity contribution is 5.84. The molecule has 0 saturated carbocycles. The van der Waals surface area contributed by atoms with Crippen LogP contribution in [0.2, 0.25) is 0 Å². The van der Waals surface area contributed by atoms with Crippen molar-refractivity contribution < 1.29 is 14.9 Å². The molecule has 4 nitrogen and oxygen atoms in total. The van der Waals surface area contributed by atoms with Crippen molar-refractivity contribution in [3.63, 3.8) is 0 Å². The monoisotopic (exact) mass is 209 g/mol. The Morgan fingerprint density at radius 1 is 1.53 bits per heavy atom. The molecule has 1 atom stereocenters. The second-order valence-electron chi connectivity index (χ2n) is 3.27. The minimum atomic E-state index is -0.478. The van der Waals surface area contributed by atoms with Crippen molar-refractivity contribution in [2.75, 3.05) is 13.7 Å². The number of rotatable bonds is 4. The second-order valence-corrected chi connectivity index (χ2v) is 3.27. The van der Waals surface area contributed by atoms with E-state index in [1.807, 2.05) is 0 Å². The summed E-state index contributed by atoms with van der Waals surface area (Å²) in [5.41, 5.74) is 0.579. The van der Waals surface area contributed by atoms with Crippen LogP contribution in [0.25, 0.3) is 0 Å². The van der Waals surface area contributed by atoms with Gasteiger partial charge in [0, 0.05) is 11.8 Å². The molecule has 0 radical (unpaired) electrons. The predicted molar refractivity (Wildman–Crippen MR) is 58.8 cm³/mol. The Morgan fingerprint density at radius 3 is 2.87 bits per heavy atom. The Labute approximate surface area is 88.9 Å². The third kappa shape index (κ3) is 3.59. The van der Waals surface area contributed by atoms with Crippen LogP contribution in [0.5, 0.6) is 11.5 Å². The molecular formula is C11H15NO3. The molecule has 82 valence electrons. The summed E-state index contributed by atoms with van der Waals surface area (Å²) in [6.45, 7) is 1.97. The zero-order valence-electron chi connectivity index (χ0n) is 8.84. The predicted octanol–water partition coefficient (Wildman–Crippen LogP) is 1.20. The Balaban J connectivity index is 2.79. The van der Waals surface area contributed by atoms with Crippen molar-refractivity contribution in [3.05, 3.63) is 23.8 Å². The number of hydrogen-bond acceptors (Lipinski definition) is 4.